The van der Waals surface area contributed by atoms with E-state index in [4.69, 9.17) is 5.73 Å². The van der Waals surface area contributed by atoms with E-state index < -0.39 is 10.2 Å². The summed E-state index contributed by atoms with van der Waals surface area (Å²) in [7, 11) is -1.62. The molecule has 1 aliphatic heterocycles. The fourth-order valence-electron chi connectivity index (χ4n) is 2.17. The second kappa shape index (κ2) is 6.68. The Kier molecular flexibility index (Phi) is 5.85. The van der Waals surface area contributed by atoms with Gasteiger partial charge in [0.15, 0.2) is 0 Å². The third kappa shape index (κ3) is 3.91. The Morgan fingerprint density at radius 3 is 2.41 bits per heavy atom. The Morgan fingerprint density at radius 1 is 1.35 bits per heavy atom. The van der Waals surface area contributed by atoms with Crippen LogP contribution in [0.5, 0.6) is 0 Å². The predicted molar refractivity (Wildman–Crippen MR) is 69.8 cm³/mol. The first kappa shape index (κ1) is 14.9. The average molecular weight is 263 g/mol. The molecule has 6 heteroatoms. The molecule has 5 nitrogen and oxygen atoms in total. The minimum atomic E-state index is -3.25. The van der Waals surface area contributed by atoms with Crippen LogP contribution in [0.4, 0.5) is 0 Å². The summed E-state index contributed by atoms with van der Waals surface area (Å²) in [5, 5.41) is 0. The van der Waals surface area contributed by atoms with Crippen LogP contribution in [0, 0.1) is 5.92 Å². The number of nitrogens with zero attached hydrogens (tertiary/aromatic N) is 2. The normalized spacial score (nSPS) is 20.0. The minimum absolute atomic E-state index is 0.506. The average Bonchev–Trinajstić information content (AvgIpc) is 2.35. The van der Waals surface area contributed by atoms with Crippen molar-refractivity contribution < 1.29 is 8.42 Å². The van der Waals surface area contributed by atoms with Gasteiger partial charge in [0.2, 0.25) is 0 Å². The summed E-state index contributed by atoms with van der Waals surface area (Å²) in [6, 6.07) is 0. The zero-order valence-electron chi connectivity index (χ0n) is 10.9. The lowest BCUT2D eigenvalue weighted by Gasteiger charge is -2.33. The molecule has 0 aromatic carbocycles. The van der Waals surface area contributed by atoms with Gasteiger partial charge in [0.05, 0.1) is 0 Å². The standard InChI is InChI=1S/C11H25N3O2S/c1-3-11-5-9-14(10-6-11)17(15,16)13(2)8-4-7-12/h11H,3-10,12H2,1-2H3. The van der Waals surface area contributed by atoms with Crippen molar-refractivity contribution in [1.82, 2.24) is 8.61 Å². The molecule has 0 spiro atoms. The van der Waals surface area contributed by atoms with Crippen LogP contribution in [0.2, 0.25) is 0 Å². The molecule has 1 rings (SSSR count). The van der Waals surface area contributed by atoms with Crippen LogP contribution in [0.15, 0.2) is 0 Å². The van der Waals surface area contributed by atoms with Crippen LogP contribution >= 0.6 is 0 Å². The van der Waals surface area contributed by atoms with Crippen LogP contribution in [-0.2, 0) is 10.2 Å². The van der Waals surface area contributed by atoms with Crippen LogP contribution < -0.4 is 5.73 Å². The molecule has 0 amide bonds. The maximum Gasteiger partial charge on any atom is 0.281 e. The summed E-state index contributed by atoms with van der Waals surface area (Å²) in [4.78, 5) is 0. The molecule has 0 aromatic rings. The highest BCUT2D eigenvalue weighted by Crippen LogP contribution is 2.22. The molecule has 2 N–H and O–H groups in total. The van der Waals surface area contributed by atoms with E-state index >= 15 is 0 Å². The molecule has 1 saturated heterocycles. The van der Waals surface area contributed by atoms with Gasteiger partial charge in [-0.05, 0) is 31.7 Å². The molecule has 1 heterocycles. The molecule has 0 aromatic heterocycles. The third-order valence-electron chi connectivity index (χ3n) is 3.55. The van der Waals surface area contributed by atoms with Crippen LogP contribution in [0.3, 0.4) is 0 Å². The first-order valence-electron chi connectivity index (χ1n) is 6.43. The van der Waals surface area contributed by atoms with Crippen molar-refractivity contribution in [3.05, 3.63) is 0 Å². The van der Waals surface area contributed by atoms with Crippen molar-refractivity contribution in [2.45, 2.75) is 32.6 Å². The molecular weight excluding hydrogens is 238 g/mol. The Hall–Kier alpha value is -0.170. The first-order chi connectivity index (χ1) is 8.02. The number of rotatable bonds is 6. The molecule has 0 unspecified atom stereocenters. The van der Waals surface area contributed by atoms with E-state index in [-0.39, 0.29) is 0 Å². The lowest BCUT2D eigenvalue weighted by atomic mass is 9.96. The van der Waals surface area contributed by atoms with E-state index in [9.17, 15) is 8.42 Å². The van der Waals surface area contributed by atoms with Gasteiger partial charge in [-0.25, -0.2) is 0 Å². The quantitative estimate of drug-likeness (QED) is 0.764. The monoisotopic (exact) mass is 263 g/mol. The van der Waals surface area contributed by atoms with Crippen molar-refractivity contribution in [2.24, 2.45) is 11.7 Å². The number of nitrogens with two attached hydrogens (primary N) is 1. The summed E-state index contributed by atoms with van der Waals surface area (Å²) >= 11 is 0. The SMILES string of the molecule is CCC1CCN(S(=O)(=O)N(C)CCCN)CC1. The zero-order valence-corrected chi connectivity index (χ0v) is 11.7. The number of piperidine rings is 1. The lowest BCUT2D eigenvalue weighted by molar-refractivity contribution is 0.254. The number of hydrogen-bond acceptors (Lipinski definition) is 3. The van der Waals surface area contributed by atoms with E-state index in [2.05, 4.69) is 6.92 Å². The van der Waals surface area contributed by atoms with Gasteiger partial charge in [0, 0.05) is 26.7 Å². The molecule has 17 heavy (non-hydrogen) atoms. The Labute approximate surface area is 105 Å². The van der Waals surface area contributed by atoms with Crippen molar-refractivity contribution in [3.63, 3.8) is 0 Å². The van der Waals surface area contributed by atoms with Crippen molar-refractivity contribution in [2.75, 3.05) is 33.2 Å². The largest absolute Gasteiger partial charge is 0.330 e. The van der Waals surface area contributed by atoms with Gasteiger partial charge in [-0.15, -0.1) is 0 Å². The Bertz CT molecular complexity index is 311. The summed E-state index contributed by atoms with van der Waals surface area (Å²) in [6.45, 7) is 4.52. The van der Waals surface area contributed by atoms with Gasteiger partial charge in [0.1, 0.15) is 0 Å². The zero-order chi connectivity index (χ0) is 12.9. The van der Waals surface area contributed by atoms with Crippen LogP contribution in [-0.4, -0.2) is 50.3 Å². The number of hydrogen-bond donors (Lipinski definition) is 1. The van der Waals surface area contributed by atoms with Gasteiger partial charge in [0.25, 0.3) is 10.2 Å². The first-order valence-corrected chi connectivity index (χ1v) is 7.83. The minimum Gasteiger partial charge on any atom is -0.330 e. The lowest BCUT2D eigenvalue weighted by Crippen LogP contribution is -2.46. The molecule has 0 aliphatic carbocycles. The third-order valence-corrected chi connectivity index (χ3v) is 5.54. The van der Waals surface area contributed by atoms with E-state index in [1.54, 1.807) is 11.4 Å². The van der Waals surface area contributed by atoms with E-state index in [1.807, 2.05) is 0 Å². The Balaban J connectivity index is 2.53. The molecular formula is C11H25N3O2S. The van der Waals surface area contributed by atoms with E-state index in [0.29, 0.717) is 38.5 Å². The van der Waals surface area contributed by atoms with Gasteiger partial charge in [-0.1, -0.05) is 13.3 Å². The van der Waals surface area contributed by atoms with E-state index in [0.717, 1.165) is 19.3 Å². The maximum atomic E-state index is 12.2. The second-order valence-corrected chi connectivity index (χ2v) is 6.76. The van der Waals surface area contributed by atoms with E-state index in [1.165, 1.54) is 4.31 Å². The molecule has 1 fully saturated rings. The van der Waals surface area contributed by atoms with Crippen molar-refractivity contribution >= 4 is 10.2 Å². The highest BCUT2D eigenvalue weighted by Gasteiger charge is 2.30. The molecule has 0 bridgehead atoms. The van der Waals surface area contributed by atoms with Gasteiger partial charge in [-0.2, -0.15) is 17.0 Å². The molecule has 0 saturated carbocycles. The molecule has 0 atom stereocenters. The highest BCUT2D eigenvalue weighted by atomic mass is 32.2. The molecule has 102 valence electrons. The second-order valence-electron chi connectivity index (χ2n) is 4.72. The smallest absolute Gasteiger partial charge is 0.281 e. The summed E-state index contributed by atoms with van der Waals surface area (Å²) in [5.74, 6) is 0.691. The highest BCUT2D eigenvalue weighted by molar-refractivity contribution is 7.86. The Morgan fingerprint density at radius 2 is 1.94 bits per heavy atom. The molecule has 0 radical (unpaired) electrons. The fourth-order valence-corrected chi connectivity index (χ4v) is 3.60. The summed E-state index contributed by atoms with van der Waals surface area (Å²) in [6.07, 6.45) is 3.83. The van der Waals surface area contributed by atoms with Gasteiger partial charge < -0.3 is 5.73 Å². The van der Waals surface area contributed by atoms with Crippen molar-refractivity contribution in [3.8, 4) is 0 Å². The predicted octanol–water partition coefficient (Wildman–Crippen LogP) is 0.634. The fraction of sp³-hybridized carbons (Fsp3) is 1.00. The van der Waals surface area contributed by atoms with Gasteiger partial charge in [-0.3, -0.25) is 0 Å². The maximum absolute atomic E-state index is 12.2. The van der Waals surface area contributed by atoms with Crippen LogP contribution in [0.25, 0.3) is 0 Å². The molecule has 1 aliphatic rings. The van der Waals surface area contributed by atoms with Gasteiger partial charge >= 0.3 is 0 Å². The van der Waals surface area contributed by atoms with Crippen LogP contribution in [0.1, 0.15) is 32.6 Å². The van der Waals surface area contributed by atoms with Crippen molar-refractivity contribution in [1.29, 1.82) is 0 Å². The summed E-state index contributed by atoms with van der Waals surface area (Å²) in [5.41, 5.74) is 5.40. The topological polar surface area (TPSA) is 66.6 Å². The summed E-state index contributed by atoms with van der Waals surface area (Å²) < 4.78 is 27.4.